The van der Waals surface area contributed by atoms with E-state index in [1.807, 2.05) is 6.07 Å². The standard InChI is InChI=1S/C13H18ClN5O/c14-9-10-2-1-3-11(8-10)12(20)19(13(15)16)18-6-4-17-5-7-18/h1-3,8,17H,4-7,9H2,(H3,15,16). The number of guanidine groups is 1. The predicted octanol–water partition coefficient (Wildman–Crippen LogP) is 0.581. The van der Waals surface area contributed by atoms with E-state index < -0.39 is 0 Å². The molecule has 7 heteroatoms. The summed E-state index contributed by atoms with van der Waals surface area (Å²) in [4.78, 5) is 12.6. The van der Waals surface area contributed by atoms with E-state index in [2.05, 4.69) is 5.32 Å². The zero-order valence-electron chi connectivity index (χ0n) is 11.1. The molecule has 0 unspecified atom stereocenters. The molecule has 0 atom stereocenters. The number of alkyl halides is 1. The highest BCUT2D eigenvalue weighted by molar-refractivity contribution is 6.17. The summed E-state index contributed by atoms with van der Waals surface area (Å²) in [5.41, 5.74) is 6.92. The van der Waals surface area contributed by atoms with Crippen LogP contribution in [0.3, 0.4) is 0 Å². The minimum atomic E-state index is -0.300. The summed E-state index contributed by atoms with van der Waals surface area (Å²) in [5.74, 6) is -0.228. The van der Waals surface area contributed by atoms with Crippen molar-refractivity contribution >= 4 is 23.5 Å². The Hall–Kier alpha value is -1.63. The number of hydrazine groups is 1. The van der Waals surface area contributed by atoms with Crippen LogP contribution in [0.5, 0.6) is 0 Å². The molecule has 0 spiro atoms. The van der Waals surface area contributed by atoms with Gasteiger partial charge in [-0.2, -0.15) is 0 Å². The van der Waals surface area contributed by atoms with Crippen LogP contribution in [0.15, 0.2) is 24.3 Å². The molecule has 1 amide bonds. The second-order valence-corrected chi connectivity index (χ2v) is 4.81. The fourth-order valence-corrected chi connectivity index (χ4v) is 2.32. The molecule has 0 radical (unpaired) electrons. The number of amides is 1. The van der Waals surface area contributed by atoms with Gasteiger partial charge < -0.3 is 11.1 Å². The lowest BCUT2D eigenvalue weighted by atomic mass is 10.1. The molecule has 1 aromatic rings. The largest absolute Gasteiger partial charge is 0.369 e. The molecule has 0 aliphatic carbocycles. The lowest BCUT2D eigenvalue weighted by molar-refractivity contribution is 0.0235. The number of rotatable bonds is 3. The fourth-order valence-electron chi connectivity index (χ4n) is 2.15. The topological polar surface area (TPSA) is 85.5 Å². The number of nitrogens with two attached hydrogens (primary N) is 1. The normalized spacial score (nSPS) is 15.8. The second-order valence-electron chi connectivity index (χ2n) is 4.54. The van der Waals surface area contributed by atoms with Crippen molar-refractivity contribution in [3.05, 3.63) is 35.4 Å². The summed E-state index contributed by atoms with van der Waals surface area (Å²) in [6.45, 7) is 2.80. The highest BCUT2D eigenvalue weighted by Crippen LogP contribution is 2.12. The van der Waals surface area contributed by atoms with E-state index in [0.29, 0.717) is 24.5 Å². The third kappa shape index (κ3) is 3.27. The molecule has 2 rings (SSSR count). The molecule has 1 fully saturated rings. The third-order valence-corrected chi connectivity index (χ3v) is 3.43. The van der Waals surface area contributed by atoms with Crippen LogP contribution in [0, 0.1) is 5.41 Å². The SMILES string of the molecule is N=C(N)N(C(=O)c1cccc(CCl)c1)N1CCNCC1. The average molecular weight is 296 g/mol. The number of carbonyl (C=O) groups is 1. The monoisotopic (exact) mass is 295 g/mol. The van der Waals surface area contributed by atoms with Crippen LogP contribution in [-0.2, 0) is 5.88 Å². The van der Waals surface area contributed by atoms with E-state index in [1.54, 1.807) is 23.2 Å². The van der Waals surface area contributed by atoms with Crippen LogP contribution in [0.2, 0.25) is 0 Å². The number of piperazine rings is 1. The molecule has 1 saturated heterocycles. The first-order chi connectivity index (χ1) is 9.63. The summed E-state index contributed by atoms with van der Waals surface area (Å²) >= 11 is 5.78. The van der Waals surface area contributed by atoms with Crippen molar-refractivity contribution in [1.29, 1.82) is 5.41 Å². The van der Waals surface area contributed by atoms with Crippen molar-refractivity contribution in [2.45, 2.75) is 5.88 Å². The van der Waals surface area contributed by atoms with Crippen molar-refractivity contribution in [2.24, 2.45) is 5.73 Å². The Balaban J connectivity index is 2.23. The van der Waals surface area contributed by atoms with E-state index >= 15 is 0 Å². The van der Waals surface area contributed by atoms with Gasteiger partial charge in [-0.05, 0) is 17.7 Å². The van der Waals surface area contributed by atoms with Gasteiger partial charge in [0.2, 0.25) is 5.96 Å². The quantitative estimate of drug-likeness (QED) is 0.433. The number of hydrogen-bond donors (Lipinski definition) is 3. The first-order valence-corrected chi connectivity index (χ1v) is 6.96. The number of halogens is 1. The Morgan fingerprint density at radius 1 is 1.45 bits per heavy atom. The molecule has 1 aromatic carbocycles. The Morgan fingerprint density at radius 3 is 2.75 bits per heavy atom. The summed E-state index contributed by atoms with van der Waals surface area (Å²) < 4.78 is 0. The second kappa shape index (κ2) is 6.69. The Morgan fingerprint density at radius 2 is 2.15 bits per heavy atom. The van der Waals surface area contributed by atoms with Gasteiger partial charge in [-0.25, -0.2) is 10.0 Å². The average Bonchev–Trinajstić information content (AvgIpc) is 2.48. The summed E-state index contributed by atoms with van der Waals surface area (Å²) in [7, 11) is 0. The van der Waals surface area contributed by atoms with Gasteiger partial charge in [0.1, 0.15) is 0 Å². The van der Waals surface area contributed by atoms with Crippen LogP contribution in [0.1, 0.15) is 15.9 Å². The molecule has 20 heavy (non-hydrogen) atoms. The van der Waals surface area contributed by atoms with Gasteiger partial charge in [0.05, 0.1) is 0 Å². The van der Waals surface area contributed by atoms with Crippen LogP contribution in [0.25, 0.3) is 0 Å². The summed E-state index contributed by atoms with van der Waals surface area (Å²) in [6, 6.07) is 7.07. The van der Waals surface area contributed by atoms with E-state index in [0.717, 1.165) is 18.7 Å². The van der Waals surface area contributed by atoms with E-state index in [4.69, 9.17) is 22.7 Å². The van der Waals surface area contributed by atoms with Crippen LogP contribution in [0.4, 0.5) is 0 Å². The van der Waals surface area contributed by atoms with Crippen molar-refractivity contribution in [1.82, 2.24) is 15.3 Å². The van der Waals surface area contributed by atoms with Gasteiger partial charge in [0.25, 0.3) is 5.91 Å². The maximum atomic E-state index is 12.6. The first kappa shape index (κ1) is 14.8. The molecular weight excluding hydrogens is 278 g/mol. The highest BCUT2D eigenvalue weighted by atomic mass is 35.5. The van der Waals surface area contributed by atoms with Crippen molar-refractivity contribution < 1.29 is 4.79 Å². The maximum Gasteiger partial charge on any atom is 0.275 e. The lowest BCUT2D eigenvalue weighted by Crippen LogP contribution is -2.58. The molecule has 1 aliphatic rings. The minimum absolute atomic E-state index is 0.270. The Kier molecular flexibility index (Phi) is 4.94. The van der Waals surface area contributed by atoms with Gasteiger partial charge in [0.15, 0.2) is 0 Å². The van der Waals surface area contributed by atoms with Crippen molar-refractivity contribution in [3.8, 4) is 0 Å². The van der Waals surface area contributed by atoms with E-state index in [1.165, 1.54) is 5.01 Å². The molecule has 4 N–H and O–H groups in total. The van der Waals surface area contributed by atoms with Gasteiger partial charge in [0, 0.05) is 37.6 Å². The molecular formula is C13H18ClN5O. The molecule has 1 heterocycles. The number of nitrogens with zero attached hydrogens (tertiary/aromatic N) is 2. The molecule has 108 valence electrons. The molecule has 1 aliphatic heterocycles. The van der Waals surface area contributed by atoms with Crippen molar-refractivity contribution in [3.63, 3.8) is 0 Å². The number of benzene rings is 1. The molecule has 0 aromatic heterocycles. The summed E-state index contributed by atoms with van der Waals surface area (Å²) in [5, 5.41) is 13.9. The van der Waals surface area contributed by atoms with Gasteiger partial charge in [-0.15, -0.1) is 11.6 Å². The molecule has 6 nitrogen and oxygen atoms in total. The molecule has 0 saturated carbocycles. The maximum absolute atomic E-state index is 12.6. The third-order valence-electron chi connectivity index (χ3n) is 3.13. The Bertz CT molecular complexity index is 501. The predicted molar refractivity (Wildman–Crippen MR) is 78.5 cm³/mol. The van der Waals surface area contributed by atoms with Crippen LogP contribution in [-0.4, -0.2) is 48.1 Å². The van der Waals surface area contributed by atoms with Gasteiger partial charge >= 0.3 is 0 Å². The van der Waals surface area contributed by atoms with Gasteiger partial charge in [-0.3, -0.25) is 10.2 Å². The van der Waals surface area contributed by atoms with E-state index in [-0.39, 0.29) is 11.9 Å². The smallest absolute Gasteiger partial charge is 0.275 e. The van der Waals surface area contributed by atoms with Gasteiger partial charge in [-0.1, -0.05) is 12.1 Å². The summed E-state index contributed by atoms with van der Waals surface area (Å²) in [6.07, 6.45) is 0. The first-order valence-electron chi connectivity index (χ1n) is 6.42. The van der Waals surface area contributed by atoms with Crippen LogP contribution >= 0.6 is 11.6 Å². The number of hydrogen-bond acceptors (Lipinski definition) is 4. The molecule has 0 bridgehead atoms. The Labute approximate surface area is 123 Å². The van der Waals surface area contributed by atoms with E-state index in [9.17, 15) is 4.79 Å². The highest BCUT2D eigenvalue weighted by Gasteiger charge is 2.26. The number of carbonyl (C=O) groups excluding carboxylic acids is 1. The zero-order valence-corrected chi connectivity index (χ0v) is 11.9. The van der Waals surface area contributed by atoms with Crippen LogP contribution < -0.4 is 11.1 Å². The fraction of sp³-hybridized carbons (Fsp3) is 0.385. The minimum Gasteiger partial charge on any atom is -0.369 e. The lowest BCUT2D eigenvalue weighted by Gasteiger charge is -2.36. The number of nitrogens with one attached hydrogen (secondary N) is 2. The van der Waals surface area contributed by atoms with Crippen molar-refractivity contribution in [2.75, 3.05) is 26.2 Å². The zero-order chi connectivity index (χ0) is 14.5.